The van der Waals surface area contributed by atoms with Gasteiger partial charge in [-0.25, -0.2) is 0 Å². The molecule has 0 bridgehead atoms. The first-order valence-corrected chi connectivity index (χ1v) is 8.58. The summed E-state index contributed by atoms with van der Waals surface area (Å²) in [5, 5.41) is 10.1. The van der Waals surface area contributed by atoms with Crippen LogP contribution in [0, 0.1) is 5.92 Å². The predicted molar refractivity (Wildman–Crippen MR) is 99.9 cm³/mol. The lowest BCUT2D eigenvalue weighted by molar-refractivity contribution is -0.155. The first-order valence-electron chi connectivity index (χ1n) is 8.58. The van der Waals surface area contributed by atoms with Crippen molar-refractivity contribution in [2.45, 2.75) is 25.9 Å². The van der Waals surface area contributed by atoms with E-state index < -0.39 is 12.0 Å². The molecular formula is C19H26ClNO4. The molecule has 6 heteroatoms. The summed E-state index contributed by atoms with van der Waals surface area (Å²) in [7, 11) is 1.68. The molecule has 1 aromatic carbocycles. The summed E-state index contributed by atoms with van der Waals surface area (Å²) in [6, 6.07) is 6.12. The number of halogens is 1. The number of likely N-dealkylation sites (tertiary alicyclic amines) is 1. The Labute approximate surface area is 155 Å². The monoisotopic (exact) mass is 367 g/mol. The fourth-order valence-corrected chi connectivity index (χ4v) is 3.43. The first-order chi connectivity index (χ1) is 11.6. The fraction of sp³-hybridized carbons (Fsp3) is 0.526. The number of benzene rings is 1. The second-order valence-electron chi connectivity index (χ2n) is 6.39. The Balaban J connectivity index is 0.00000225. The molecule has 2 aliphatic rings. The molecule has 5 nitrogen and oxygen atoms in total. The molecule has 2 atom stereocenters. The van der Waals surface area contributed by atoms with Crippen molar-refractivity contribution < 1.29 is 19.4 Å². The van der Waals surface area contributed by atoms with Gasteiger partial charge in [0.25, 0.3) is 0 Å². The maximum atomic E-state index is 12.0. The number of aliphatic hydroxyl groups is 1. The average Bonchev–Trinajstić information content (AvgIpc) is 2.57. The molecule has 1 fully saturated rings. The molecule has 1 N–H and O–H groups in total. The largest absolute Gasteiger partial charge is 0.497 e. The molecule has 1 heterocycles. The fourth-order valence-electron chi connectivity index (χ4n) is 3.43. The average molecular weight is 368 g/mol. The minimum Gasteiger partial charge on any atom is -0.497 e. The third kappa shape index (κ3) is 4.35. The SMILES string of the molecule is CCOC(=O)[C@@H]1CN(CCC2=Cc3ccc(OC)cc32)CC[C@@H]1O.Cl. The highest BCUT2D eigenvalue weighted by molar-refractivity contribution is 5.96. The Bertz CT molecular complexity index is 646. The third-order valence-corrected chi connectivity index (χ3v) is 4.88. The first kappa shape index (κ1) is 19.8. The van der Waals surface area contributed by atoms with Crippen LogP contribution in [-0.2, 0) is 9.53 Å². The van der Waals surface area contributed by atoms with Gasteiger partial charge < -0.3 is 19.5 Å². The van der Waals surface area contributed by atoms with Crippen molar-refractivity contribution in [1.29, 1.82) is 0 Å². The van der Waals surface area contributed by atoms with Crippen LogP contribution in [0.15, 0.2) is 18.2 Å². The number of nitrogens with zero attached hydrogens (tertiary/aromatic N) is 1. The number of piperidine rings is 1. The lowest BCUT2D eigenvalue weighted by Crippen LogP contribution is -2.47. The van der Waals surface area contributed by atoms with Gasteiger partial charge in [-0.1, -0.05) is 12.1 Å². The van der Waals surface area contributed by atoms with E-state index in [1.807, 2.05) is 6.07 Å². The molecule has 1 aliphatic heterocycles. The highest BCUT2D eigenvalue weighted by Crippen LogP contribution is 2.37. The van der Waals surface area contributed by atoms with E-state index in [2.05, 4.69) is 23.1 Å². The summed E-state index contributed by atoms with van der Waals surface area (Å²) in [5.74, 6) is 0.164. The van der Waals surface area contributed by atoms with Crippen molar-refractivity contribution in [1.82, 2.24) is 4.90 Å². The van der Waals surface area contributed by atoms with E-state index in [1.54, 1.807) is 14.0 Å². The summed E-state index contributed by atoms with van der Waals surface area (Å²) in [6.45, 7) is 4.41. The highest BCUT2D eigenvalue weighted by atomic mass is 35.5. The number of methoxy groups -OCH3 is 1. The number of ether oxygens (including phenoxy) is 2. The zero-order valence-electron chi connectivity index (χ0n) is 14.7. The van der Waals surface area contributed by atoms with Gasteiger partial charge >= 0.3 is 5.97 Å². The van der Waals surface area contributed by atoms with Crippen LogP contribution >= 0.6 is 12.4 Å². The molecule has 0 radical (unpaired) electrons. The van der Waals surface area contributed by atoms with Gasteiger partial charge in [0.1, 0.15) is 5.75 Å². The zero-order chi connectivity index (χ0) is 17.1. The maximum absolute atomic E-state index is 12.0. The quantitative estimate of drug-likeness (QED) is 0.783. The number of aliphatic hydroxyl groups excluding tert-OH is 1. The Hall–Kier alpha value is -1.56. The van der Waals surface area contributed by atoms with E-state index in [1.165, 1.54) is 16.7 Å². The topological polar surface area (TPSA) is 59.0 Å². The maximum Gasteiger partial charge on any atom is 0.312 e. The Kier molecular flexibility index (Phi) is 6.87. The van der Waals surface area contributed by atoms with Gasteiger partial charge in [0.2, 0.25) is 0 Å². The number of carbonyl (C=O) groups is 1. The number of rotatable bonds is 6. The molecular weight excluding hydrogens is 342 g/mol. The van der Waals surface area contributed by atoms with Gasteiger partial charge in [-0.15, -0.1) is 12.4 Å². The standard InChI is InChI=1S/C19H25NO4.ClH/c1-3-24-19(22)17-12-20(9-7-18(17)21)8-6-14-10-13-4-5-15(23-2)11-16(13)14;/h4-5,10-11,17-18,21H,3,6-9,12H2,1-2H3;1H/t17-,18+;/m1./s1. The van der Waals surface area contributed by atoms with Crippen LogP contribution in [0.2, 0.25) is 0 Å². The van der Waals surface area contributed by atoms with Crippen molar-refractivity contribution in [2.75, 3.05) is 33.4 Å². The molecule has 3 rings (SSSR count). The summed E-state index contributed by atoms with van der Waals surface area (Å²) >= 11 is 0. The molecule has 1 aromatic rings. The second kappa shape index (κ2) is 8.70. The number of fused-ring (bicyclic) bond motifs is 1. The number of hydrogen-bond donors (Lipinski definition) is 1. The summed E-state index contributed by atoms with van der Waals surface area (Å²) in [6.07, 6.45) is 3.17. The van der Waals surface area contributed by atoms with Crippen LogP contribution in [0.1, 0.15) is 30.9 Å². The van der Waals surface area contributed by atoms with E-state index in [0.717, 1.165) is 25.3 Å². The summed E-state index contributed by atoms with van der Waals surface area (Å²) < 4.78 is 10.4. The van der Waals surface area contributed by atoms with E-state index >= 15 is 0 Å². The van der Waals surface area contributed by atoms with Gasteiger partial charge in [-0.2, -0.15) is 0 Å². The summed E-state index contributed by atoms with van der Waals surface area (Å²) in [4.78, 5) is 14.2. The molecule has 0 saturated carbocycles. The van der Waals surface area contributed by atoms with E-state index in [-0.39, 0.29) is 18.4 Å². The third-order valence-electron chi connectivity index (χ3n) is 4.88. The summed E-state index contributed by atoms with van der Waals surface area (Å²) in [5.41, 5.74) is 3.83. The minimum absolute atomic E-state index is 0. The Morgan fingerprint density at radius 2 is 2.20 bits per heavy atom. The Morgan fingerprint density at radius 1 is 1.40 bits per heavy atom. The molecule has 0 spiro atoms. The molecule has 138 valence electrons. The van der Waals surface area contributed by atoms with Gasteiger partial charge in [-0.3, -0.25) is 4.79 Å². The number of esters is 1. The van der Waals surface area contributed by atoms with Crippen molar-refractivity contribution in [3.63, 3.8) is 0 Å². The molecule has 0 aromatic heterocycles. The van der Waals surface area contributed by atoms with Gasteiger partial charge in [0.05, 0.1) is 25.7 Å². The van der Waals surface area contributed by atoms with Crippen LogP contribution in [0.25, 0.3) is 11.6 Å². The van der Waals surface area contributed by atoms with Crippen molar-refractivity contribution >= 4 is 30.0 Å². The van der Waals surface area contributed by atoms with Crippen LogP contribution in [-0.4, -0.2) is 55.4 Å². The van der Waals surface area contributed by atoms with Crippen LogP contribution in [0.4, 0.5) is 0 Å². The van der Waals surface area contributed by atoms with E-state index in [4.69, 9.17) is 9.47 Å². The van der Waals surface area contributed by atoms with Gasteiger partial charge in [-0.05, 0) is 48.6 Å². The van der Waals surface area contributed by atoms with Gasteiger partial charge in [0.15, 0.2) is 0 Å². The van der Waals surface area contributed by atoms with Crippen LogP contribution in [0.3, 0.4) is 0 Å². The second-order valence-corrected chi connectivity index (χ2v) is 6.39. The minimum atomic E-state index is -0.590. The highest BCUT2D eigenvalue weighted by Gasteiger charge is 2.34. The molecule has 0 unspecified atom stereocenters. The Morgan fingerprint density at radius 3 is 2.92 bits per heavy atom. The smallest absolute Gasteiger partial charge is 0.312 e. The molecule has 25 heavy (non-hydrogen) atoms. The molecule has 1 aliphatic carbocycles. The van der Waals surface area contributed by atoms with E-state index in [0.29, 0.717) is 19.6 Å². The van der Waals surface area contributed by atoms with Crippen LogP contribution < -0.4 is 4.74 Å². The zero-order valence-corrected chi connectivity index (χ0v) is 15.6. The normalized spacial score (nSPS) is 22.1. The predicted octanol–water partition coefficient (Wildman–Crippen LogP) is 2.61. The molecule has 1 saturated heterocycles. The van der Waals surface area contributed by atoms with Crippen molar-refractivity contribution in [2.24, 2.45) is 5.92 Å². The lowest BCUT2D eigenvalue weighted by atomic mass is 9.86. The van der Waals surface area contributed by atoms with E-state index in [9.17, 15) is 9.90 Å². The molecule has 0 amide bonds. The van der Waals surface area contributed by atoms with Crippen molar-refractivity contribution in [3.8, 4) is 5.75 Å². The lowest BCUT2D eigenvalue weighted by Gasteiger charge is -2.35. The van der Waals surface area contributed by atoms with Crippen LogP contribution in [0.5, 0.6) is 5.75 Å². The number of carbonyl (C=O) groups excluding carboxylic acids is 1. The van der Waals surface area contributed by atoms with Crippen molar-refractivity contribution in [3.05, 3.63) is 29.3 Å². The van der Waals surface area contributed by atoms with Gasteiger partial charge in [0, 0.05) is 19.6 Å². The number of hydrogen-bond acceptors (Lipinski definition) is 5.